The van der Waals surface area contributed by atoms with Crippen molar-refractivity contribution in [3.05, 3.63) is 64.8 Å². The summed E-state index contributed by atoms with van der Waals surface area (Å²) in [6, 6.07) is 14.9. The molecule has 5 rings (SSSR count). The molecule has 2 heterocycles. The summed E-state index contributed by atoms with van der Waals surface area (Å²) in [6.07, 6.45) is 6.36. The summed E-state index contributed by atoms with van der Waals surface area (Å²) in [5, 5.41) is 15.6. The Kier molecular flexibility index (Phi) is 6.83. The second-order valence-electron chi connectivity index (χ2n) is 9.03. The Morgan fingerprint density at radius 2 is 1.97 bits per heavy atom. The number of carbonyl (C=O) groups is 2. The lowest BCUT2D eigenvalue weighted by Crippen LogP contribution is -2.39. The van der Waals surface area contributed by atoms with Gasteiger partial charge in [0.25, 0.3) is 5.91 Å². The number of aromatic nitrogens is 2. The number of nitrogens with zero attached hydrogens (tertiary/aromatic N) is 4. The minimum atomic E-state index is -0.150. The van der Waals surface area contributed by atoms with Crippen molar-refractivity contribution in [1.29, 1.82) is 5.26 Å². The van der Waals surface area contributed by atoms with Gasteiger partial charge in [0.1, 0.15) is 0 Å². The molecule has 2 aliphatic rings. The minimum absolute atomic E-state index is 0.0441. The van der Waals surface area contributed by atoms with E-state index in [1.54, 1.807) is 30.5 Å². The van der Waals surface area contributed by atoms with E-state index in [9.17, 15) is 9.59 Å². The lowest BCUT2D eigenvalue weighted by Gasteiger charge is -2.28. The van der Waals surface area contributed by atoms with Crippen molar-refractivity contribution >= 4 is 40.7 Å². The molecule has 8 nitrogen and oxygen atoms in total. The lowest BCUT2D eigenvalue weighted by atomic mass is 10.1. The molecule has 36 heavy (non-hydrogen) atoms. The van der Waals surface area contributed by atoms with Crippen LogP contribution in [-0.2, 0) is 11.2 Å². The quantitative estimate of drug-likeness (QED) is 0.473. The van der Waals surface area contributed by atoms with Crippen LogP contribution < -0.4 is 10.6 Å². The summed E-state index contributed by atoms with van der Waals surface area (Å²) >= 11 is 6.12. The molecule has 182 valence electrons. The highest BCUT2D eigenvalue weighted by molar-refractivity contribution is 6.31. The molecule has 0 saturated heterocycles. The van der Waals surface area contributed by atoms with Gasteiger partial charge in [0.15, 0.2) is 0 Å². The Balaban J connectivity index is 1.36. The zero-order chi connectivity index (χ0) is 25.1. The van der Waals surface area contributed by atoms with E-state index in [0.29, 0.717) is 40.9 Å². The highest BCUT2D eigenvalue weighted by Gasteiger charge is 2.27. The molecule has 1 saturated carbocycles. The number of hydrogen-bond acceptors (Lipinski definition) is 6. The maximum atomic E-state index is 13.2. The molecule has 2 amide bonds. The molecule has 1 aliphatic carbocycles. The zero-order valence-electron chi connectivity index (χ0n) is 19.6. The highest BCUT2D eigenvalue weighted by Crippen LogP contribution is 2.35. The third-order valence-electron chi connectivity index (χ3n) is 6.61. The third kappa shape index (κ3) is 5.02. The van der Waals surface area contributed by atoms with Gasteiger partial charge in [0.2, 0.25) is 11.9 Å². The third-order valence-corrected chi connectivity index (χ3v) is 6.84. The van der Waals surface area contributed by atoms with Crippen molar-refractivity contribution in [2.75, 3.05) is 17.2 Å². The van der Waals surface area contributed by atoms with Crippen LogP contribution in [0, 0.1) is 11.3 Å². The molecule has 1 aromatic heterocycles. The molecule has 0 bridgehead atoms. The molecule has 0 spiro atoms. The lowest BCUT2D eigenvalue weighted by molar-refractivity contribution is -0.115. The Morgan fingerprint density at radius 3 is 2.72 bits per heavy atom. The average Bonchev–Trinajstić information content (AvgIpc) is 3.36. The van der Waals surface area contributed by atoms with Gasteiger partial charge in [-0.3, -0.25) is 9.59 Å². The van der Waals surface area contributed by atoms with E-state index in [1.807, 2.05) is 23.1 Å². The minimum Gasteiger partial charge on any atom is -0.335 e. The first-order chi connectivity index (χ1) is 17.5. The summed E-state index contributed by atoms with van der Waals surface area (Å²) in [4.78, 5) is 36.4. The molecule has 0 unspecified atom stereocenters. The number of halogens is 1. The standard InChI is InChI=1S/C27H25ClN6O2/c28-19-8-11-22-23(15-19)32-24(35)14-18-16-30-27(33-25(18)22)31-20-9-6-17(7-10-20)26(36)34(13-3-12-29)21-4-1-2-5-21/h6-11,15-16,21H,1-5,13-14H2,(H,32,35)(H,30,31,33). The second kappa shape index (κ2) is 10.3. The molecule has 1 fully saturated rings. The van der Waals surface area contributed by atoms with Crippen LogP contribution in [0.5, 0.6) is 0 Å². The van der Waals surface area contributed by atoms with E-state index in [-0.39, 0.29) is 24.3 Å². The van der Waals surface area contributed by atoms with E-state index >= 15 is 0 Å². The van der Waals surface area contributed by atoms with Crippen molar-refractivity contribution in [3.63, 3.8) is 0 Å². The Bertz CT molecular complexity index is 1350. The summed E-state index contributed by atoms with van der Waals surface area (Å²) in [5.41, 5.74) is 4.09. The first kappa shape index (κ1) is 23.8. The predicted molar refractivity (Wildman–Crippen MR) is 138 cm³/mol. The average molecular weight is 501 g/mol. The van der Waals surface area contributed by atoms with Gasteiger partial charge in [0.05, 0.1) is 30.3 Å². The number of nitriles is 1. The Morgan fingerprint density at radius 1 is 1.19 bits per heavy atom. The Labute approximate surface area is 214 Å². The fraction of sp³-hybridized carbons (Fsp3) is 0.296. The number of rotatable bonds is 6. The highest BCUT2D eigenvalue weighted by atomic mass is 35.5. The summed E-state index contributed by atoms with van der Waals surface area (Å²) in [6.45, 7) is 0.451. The predicted octanol–water partition coefficient (Wildman–Crippen LogP) is 5.33. The first-order valence-electron chi connectivity index (χ1n) is 12.0. The molecule has 3 aromatic rings. The first-order valence-corrected chi connectivity index (χ1v) is 12.4. The van der Waals surface area contributed by atoms with E-state index in [1.165, 1.54) is 0 Å². The van der Waals surface area contributed by atoms with Crippen molar-refractivity contribution in [3.8, 4) is 17.3 Å². The van der Waals surface area contributed by atoms with Crippen molar-refractivity contribution < 1.29 is 9.59 Å². The van der Waals surface area contributed by atoms with Gasteiger partial charge < -0.3 is 15.5 Å². The molecular formula is C27H25ClN6O2. The summed E-state index contributed by atoms with van der Waals surface area (Å²) in [5.74, 6) is 0.186. The van der Waals surface area contributed by atoms with Crippen LogP contribution in [0.4, 0.5) is 17.3 Å². The normalized spacial score (nSPS) is 14.7. The van der Waals surface area contributed by atoms with Crippen molar-refractivity contribution in [2.45, 2.75) is 44.6 Å². The topological polar surface area (TPSA) is 111 Å². The molecule has 0 atom stereocenters. The van der Waals surface area contributed by atoms with Gasteiger partial charge in [-0.2, -0.15) is 5.26 Å². The van der Waals surface area contributed by atoms with Gasteiger partial charge in [-0.1, -0.05) is 24.4 Å². The van der Waals surface area contributed by atoms with Gasteiger partial charge in [0, 0.05) is 46.2 Å². The Hall–Kier alpha value is -3.96. The van der Waals surface area contributed by atoms with Gasteiger partial charge in [-0.15, -0.1) is 0 Å². The van der Waals surface area contributed by atoms with Gasteiger partial charge >= 0.3 is 0 Å². The van der Waals surface area contributed by atoms with E-state index in [0.717, 1.165) is 42.5 Å². The fourth-order valence-electron chi connectivity index (χ4n) is 4.85. The monoisotopic (exact) mass is 500 g/mol. The molecule has 9 heteroatoms. The fourth-order valence-corrected chi connectivity index (χ4v) is 5.02. The van der Waals surface area contributed by atoms with Crippen molar-refractivity contribution in [2.24, 2.45) is 0 Å². The van der Waals surface area contributed by atoms with Crippen LogP contribution >= 0.6 is 11.6 Å². The molecule has 1 aliphatic heterocycles. The molecular weight excluding hydrogens is 476 g/mol. The smallest absolute Gasteiger partial charge is 0.254 e. The second-order valence-corrected chi connectivity index (χ2v) is 9.47. The number of nitrogens with one attached hydrogen (secondary N) is 2. The SMILES string of the molecule is N#CCCN(C(=O)c1ccc(Nc2ncc3c(n2)-c2ccc(Cl)cc2NC(=O)C3)cc1)C1CCCC1. The van der Waals surface area contributed by atoms with Gasteiger partial charge in [-0.25, -0.2) is 9.97 Å². The molecule has 0 radical (unpaired) electrons. The number of benzene rings is 2. The number of fused-ring (bicyclic) bond motifs is 3. The van der Waals surface area contributed by atoms with E-state index in [2.05, 4.69) is 26.7 Å². The maximum Gasteiger partial charge on any atom is 0.254 e. The van der Waals surface area contributed by atoms with E-state index in [4.69, 9.17) is 16.9 Å². The zero-order valence-corrected chi connectivity index (χ0v) is 20.4. The maximum absolute atomic E-state index is 13.2. The van der Waals surface area contributed by atoms with E-state index < -0.39 is 0 Å². The van der Waals surface area contributed by atoms with Crippen LogP contribution in [0.25, 0.3) is 11.3 Å². The molecule has 2 aromatic carbocycles. The van der Waals surface area contributed by atoms with Crippen LogP contribution in [0.15, 0.2) is 48.7 Å². The summed E-state index contributed by atoms with van der Waals surface area (Å²) < 4.78 is 0. The number of amides is 2. The number of hydrogen-bond donors (Lipinski definition) is 2. The number of anilines is 3. The summed E-state index contributed by atoms with van der Waals surface area (Å²) in [7, 11) is 0. The van der Waals surface area contributed by atoms with Crippen LogP contribution in [0.3, 0.4) is 0 Å². The molecule has 2 N–H and O–H groups in total. The van der Waals surface area contributed by atoms with Crippen LogP contribution in [0.2, 0.25) is 5.02 Å². The van der Waals surface area contributed by atoms with Crippen LogP contribution in [0.1, 0.15) is 48.0 Å². The number of carbonyl (C=O) groups excluding carboxylic acids is 2. The van der Waals surface area contributed by atoms with Gasteiger partial charge in [-0.05, 0) is 55.3 Å². The van der Waals surface area contributed by atoms with Crippen LogP contribution in [-0.4, -0.2) is 39.3 Å². The van der Waals surface area contributed by atoms with Crippen molar-refractivity contribution in [1.82, 2.24) is 14.9 Å². The largest absolute Gasteiger partial charge is 0.335 e.